The topological polar surface area (TPSA) is 60.5 Å². The molecule has 0 atom stereocenters. The van der Waals surface area contributed by atoms with Crippen LogP contribution in [0.1, 0.15) is 27.2 Å². The first kappa shape index (κ1) is 17.9. The van der Waals surface area contributed by atoms with E-state index < -0.39 is 0 Å². The summed E-state index contributed by atoms with van der Waals surface area (Å²) in [4.78, 5) is 16.8. The normalized spacial score (nSPS) is 10.4. The molecule has 0 aliphatic heterocycles. The standard InChI is InChI=1S/C20H20N2O3S/c1-13-5-4-6-14(2)19(13)22-20(23)15-7-8-17(18(9-15)24-3)25-10-16-11-26-12-21-16/h4-9,11-12H,10H2,1-3H3,(H,22,23). The largest absolute Gasteiger partial charge is 0.493 e. The molecule has 0 aliphatic carbocycles. The molecule has 1 aromatic heterocycles. The van der Waals surface area contributed by atoms with Crippen molar-refractivity contribution in [3.63, 3.8) is 0 Å². The maximum Gasteiger partial charge on any atom is 0.255 e. The maximum atomic E-state index is 12.6. The van der Waals surface area contributed by atoms with Crippen LogP contribution in [0.3, 0.4) is 0 Å². The van der Waals surface area contributed by atoms with Crippen LogP contribution in [-0.2, 0) is 6.61 Å². The third kappa shape index (κ3) is 4.03. The van der Waals surface area contributed by atoms with E-state index in [9.17, 15) is 4.79 Å². The number of hydrogen-bond acceptors (Lipinski definition) is 5. The van der Waals surface area contributed by atoms with E-state index in [-0.39, 0.29) is 5.91 Å². The summed E-state index contributed by atoms with van der Waals surface area (Å²) in [5.74, 6) is 0.894. The number of thiazole rings is 1. The van der Waals surface area contributed by atoms with Crippen molar-refractivity contribution in [3.05, 3.63) is 69.7 Å². The van der Waals surface area contributed by atoms with Crippen molar-refractivity contribution < 1.29 is 14.3 Å². The third-order valence-electron chi connectivity index (χ3n) is 4.00. The van der Waals surface area contributed by atoms with E-state index in [2.05, 4.69) is 10.3 Å². The zero-order valence-electron chi connectivity index (χ0n) is 14.9. The van der Waals surface area contributed by atoms with Gasteiger partial charge in [-0.1, -0.05) is 18.2 Å². The lowest BCUT2D eigenvalue weighted by molar-refractivity contribution is 0.102. The summed E-state index contributed by atoms with van der Waals surface area (Å²) >= 11 is 1.52. The molecule has 134 valence electrons. The molecule has 1 amide bonds. The number of aryl methyl sites for hydroxylation is 2. The molecule has 26 heavy (non-hydrogen) atoms. The van der Waals surface area contributed by atoms with Gasteiger partial charge in [-0.15, -0.1) is 11.3 Å². The Labute approximate surface area is 156 Å². The molecule has 3 aromatic rings. The number of nitrogens with zero attached hydrogens (tertiary/aromatic N) is 1. The van der Waals surface area contributed by atoms with Crippen molar-refractivity contribution >= 4 is 22.9 Å². The number of amides is 1. The van der Waals surface area contributed by atoms with E-state index in [1.165, 1.54) is 11.3 Å². The fraction of sp³-hybridized carbons (Fsp3) is 0.200. The van der Waals surface area contributed by atoms with Gasteiger partial charge in [0.2, 0.25) is 0 Å². The summed E-state index contributed by atoms with van der Waals surface area (Å²) in [5.41, 5.74) is 6.00. The highest BCUT2D eigenvalue weighted by atomic mass is 32.1. The number of aromatic nitrogens is 1. The van der Waals surface area contributed by atoms with Crippen LogP contribution in [0.5, 0.6) is 11.5 Å². The monoisotopic (exact) mass is 368 g/mol. The second kappa shape index (κ2) is 8.01. The molecule has 6 heteroatoms. The van der Waals surface area contributed by atoms with E-state index in [0.29, 0.717) is 23.7 Å². The SMILES string of the molecule is COc1cc(C(=O)Nc2c(C)cccc2C)ccc1OCc1cscn1. The van der Waals surface area contributed by atoms with E-state index in [4.69, 9.17) is 9.47 Å². The van der Waals surface area contributed by atoms with Crippen molar-refractivity contribution in [1.82, 2.24) is 4.98 Å². The van der Waals surface area contributed by atoms with E-state index in [0.717, 1.165) is 22.5 Å². The van der Waals surface area contributed by atoms with E-state index >= 15 is 0 Å². The Morgan fingerprint density at radius 1 is 1.15 bits per heavy atom. The Bertz CT molecular complexity index is 887. The Balaban J connectivity index is 1.76. The molecular formula is C20H20N2O3S. The van der Waals surface area contributed by atoms with Gasteiger partial charge in [-0.25, -0.2) is 4.98 Å². The summed E-state index contributed by atoms with van der Waals surface area (Å²) in [6.07, 6.45) is 0. The van der Waals surface area contributed by atoms with Gasteiger partial charge in [0.1, 0.15) is 6.61 Å². The summed E-state index contributed by atoms with van der Waals surface area (Å²) in [5, 5.41) is 4.91. The summed E-state index contributed by atoms with van der Waals surface area (Å²) in [7, 11) is 1.55. The van der Waals surface area contributed by atoms with Crippen LogP contribution in [0.25, 0.3) is 0 Å². The molecule has 0 bridgehead atoms. The predicted octanol–water partition coefficient (Wildman–Crippen LogP) is 4.60. The molecule has 5 nitrogen and oxygen atoms in total. The number of ether oxygens (including phenoxy) is 2. The quantitative estimate of drug-likeness (QED) is 0.691. The molecule has 0 unspecified atom stereocenters. The minimum absolute atomic E-state index is 0.188. The first-order valence-corrected chi connectivity index (χ1v) is 9.08. The first-order valence-electron chi connectivity index (χ1n) is 8.14. The van der Waals surface area contributed by atoms with Gasteiger partial charge < -0.3 is 14.8 Å². The highest BCUT2D eigenvalue weighted by Crippen LogP contribution is 2.29. The van der Waals surface area contributed by atoms with Crippen LogP contribution in [0.15, 0.2) is 47.3 Å². The Kier molecular flexibility index (Phi) is 5.53. The molecule has 0 aliphatic rings. The highest BCUT2D eigenvalue weighted by molar-refractivity contribution is 7.07. The zero-order chi connectivity index (χ0) is 18.5. The van der Waals surface area contributed by atoms with Gasteiger partial charge in [-0.2, -0.15) is 0 Å². The number of rotatable bonds is 6. The molecule has 0 fully saturated rings. The van der Waals surface area contributed by atoms with Crippen LogP contribution in [0.4, 0.5) is 5.69 Å². The second-order valence-electron chi connectivity index (χ2n) is 5.86. The molecular weight excluding hydrogens is 348 g/mol. The second-order valence-corrected chi connectivity index (χ2v) is 6.57. The Hall–Kier alpha value is -2.86. The molecule has 0 saturated heterocycles. The third-order valence-corrected chi connectivity index (χ3v) is 4.64. The lowest BCUT2D eigenvalue weighted by Gasteiger charge is -2.14. The van der Waals surface area contributed by atoms with Gasteiger partial charge in [0.05, 0.1) is 18.3 Å². The molecule has 2 aromatic carbocycles. The average molecular weight is 368 g/mol. The smallest absolute Gasteiger partial charge is 0.255 e. The zero-order valence-corrected chi connectivity index (χ0v) is 15.7. The average Bonchev–Trinajstić information content (AvgIpc) is 3.16. The van der Waals surface area contributed by atoms with E-state index in [1.807, 2.05) is 37.4 Å². The van der Waals surface area contributed by atoms with E-state index in [1.54, 1.807) is 30.8 Å². The van der Waals surface area contributed by atoms with Gasteiger partial charge in [0.25, 0.3) is 5.91 Å². The Morgan fingerprint density at radius 2 is 1.92 bits per heavy atom. The van der Waals surface area contributed by atoms with Crippen LogP contribution < -0.4 is 14.8 Å². The minimum atomic E-state index is -0.188. The number of carbonyl (C=O) groups is 1. The van der Waals surface area contributed by atoms with Crippen molar-refractivity contribution in [2.45, 2.75) is 20.5 Å². The first-order chi connectivity index (χ1) is 12.6. The van der Waals surface area contributed by atoms with Crippen LogP contribution >= 0.6 is 11.3 Å². The molecule has 3 rings (SSSR count). The summed E-state index contributed by atoms with van der Waals surface area (Å²) < 4.78 is 11.1. The minimum Gasteiger partial charge on any atom is -0.493 e. The fourth-order valence-corrected chi connectivity index (χ4v) is 3.13. The fourth-order valence-electron chi connectivity index (χ4n) is 2.59. The number of methoxy groups -OCH3 is 1. The Morgan fingerprint density at radius 3 is 2.58 bits per heavy atom. The van der Waals surface area contributed by atoms with Crippen molar-refractivity contribution in [1.29, 1.82) is 0 Å². The van der Waals surface area contributed by atoms with Gasteiger partial charge >= 0.3 is 0 Å². The number of hydrogen-bond donors (Lipinski definition) is 1. The number of nitrogens with one attached hydrogen (secondary N) is 1. The molecule has 0 saturated carbocycles. The highest BCUT2D eigenvalue weighted by Gasteiger charge is 2.13. The number of para-hydroxylation sites is 1. The van der Waals surface area contributed by atoms with Gasteiger partial charge in [-0.05, 0) is 43.2 Å². The van der Waals surface area contributed by atoms with Crippen molar-refractivity contribution in [3.8, 4) is 11.5 Å². The van der Waals surface area contributed by atoms with Crippen LogP contribution in [-0.4, -0.2) is 18.0 Å². The van der Waals surface area contributed by atoms with Gasteiger partial charge in [-0.3, -0.25) is 4.79 Å². The number of benzene rings is 2. The molecule has 1 N–H and O–H groups in total. The van der Waals surface area contributed by atoms with Gasteiger partial charge in [0, 0.05) is 16.6 Å². The van der Waals surface area contributed by atoms with Crippen LogP contribution in [0.2, 0.25) is 0 Å². The van der Waals surface area contributed by atoms with Crippen molar-refractivity contribution in [2.24, 2.45) is 0 Å². The predicted molar refractivity (Wildman–Crippen MR) is 103 cm³/mol. The lowest BCUT2D eigenvalue weighted by Crippen LogP contribution is -2.14. The maximum absolute atomic E-state index is 12.6. The van der Waals surface area contributed by atoms with Gasteiger partial charge in [0.15, 0.2) is 11.5 Å². The summed E-state index contributed by atoms with van der Waals surface area (Å²) in [6.45, 7) is 4.30. The molecule has 0 radical (unpaired) electrons. The van der Waals surface area contributed by atoms with Crippen LogP contribution in [0, 0.1) is 13.8 Å². The molecule has 1 heterocycles. The van der Waals surface area contributed by atoms with Crippen molar-refractivity contribution in [2.75, 3.05) is 12.4 Å². The lowest BCUT2D eigenvalue weighted by atomic mass is 10.1. The number of anilines is 1. The molecule has 0 spiro atoms. The summed E-state index contributed by atoms with van der Waals surface area (Å²) in [6, 6.07) is 11.1. The number of carbonyl (C=O) groups excluding carboxylic acids is 1.